The molecule has 0 saturated carbocycles. The molecule has 4 nitrogen and oxygen atoms in total. The number of hydrogen-bond acceptors (Lipinski definition) is 2. The van der Waals surface area contributed by atoms with Gasteiger partial charge in [-0.25, -0.2) is 9.18 Å². The van der Waals surface area contributed by atoms with Crippen LogP contribution in [0.4, 0.5) is 20.6 Å². The van der Waals surface area contributed by atoms with Gasteiger partial charge < -0.3 is 5.32 Å². The molecule has 1 N–H and O–H groups in total. The van der Waals surface area contributed by atoms with E-state index in [9.17, 15) is 9.18 Å². The van der Waals surface area contributed by atoms with Crippen LogP contribution >= 0.6 is 0 Å². The third kappa shape index (κ3) is 3.56. The Kier molecular flexibility index (Phi) is 4.37. The summed E-state index contributed by atoms with van der Waals surface area (Å²) < 4.78 is 13.6. The zero-order valence-corrected chi connectivity index (χ0v) is 12.9. The van der Waals surface area contributed by atoms with Crippen LogP contribution < -0.4 is 10.2 Å². The molecular formula is C18H18FN3O. The van der Waals surface area contributed by atoms with Crippen molar-refractivity contribution in [2.45, 2.75) is 19.8 Å². The molecule has 0 unspecified atom stereocenters. The molecule has 1 heterocycles. The number of benzene rings is 2. The molecule has 118 valence electrons. The number of halogens is 1. The molecule has 0 fully saturated rings. The number of rotatable bonds is 2. The lowest BCUT2D eigenvalue weighted by molar-refractivity contribution is 0.259. The van der Waals surface area contributed by atoms with Crippen molar-refractivity contribution in [1.29, 1.82) is 0 Å². The summed E-state index contributed by atoms with van der Waals surface area (Å²) in [6.45, 7) is 2.65. The molecule has 2 aromatic rings. The minimum atomic E-state index is -0.380. The highest BCUT2D eigenvalue weighted by molar-refractivity contribution is 6.20. The van der Waals surface area contributed by atoms with Gasteiger partial charge in [0, 0.05) is 18.7 Å². The van der Waals surface area contributed by atoms with Crippen molar-refractivity contribution in [3.8, 4) is 0 Å². The Hall–Kier alpha value is -2.69. The normalized spacial score (nSPS) is 13.6. The topological polar surface area (TPSA) is 44.7 Å². The van der Waals surface area contributed by atoms with Crippen LogP contribution in [-0.4, -0.2) is 18.4 Å². The van der Waals surface area contributed by atoms with Crippen molar-refractivity contribution < 1.29 is 9.18 Å². The number of amidine groups is 1. The quantitative estimate of drug-likeness (QED) is 0.879. The van der Waals surface area contributed by atoms with Gasteiger partial charge in [-0.2, -0.15) is 0 Å². The van der Waals surface area contributed by atoms with Crippen LogP contribution in [0.2, 0.25) is 0 Å². The van der Waals surface area contributed by atoms with Gasteiger partial charge in [0.15, 0.2) is 0 Å². The maximum Gasteiger partial charge on any atom is 0.331 e. The molecule has 0 atom stereocenters. The molecule has 2 amide bonds. The predicted molar refractivity (Wildman–Crippen MR) is 90.6 cm³/mol. The van der Waals surface area contributed by atoms with E-state index in [1.807, 2.05) is 31.2 Å². The van der Waals surface area contributed by atoms with Crippen LogP contribution in [0.5, 0.6) is 0 Å². The van der Waals surface area contributed by atoms with Gasteiger partial charge in [-0.3, -0.25) is 9.89 Å². The van der Waals surface area contributed by atoms with Crippen LogP contribution in [0.25, 0.3) is 0 Å². The number of aliphatic imine (C=N–C) groups is 1. The first-order chi connectivity index (χ1) is 11.1. The lowest BCUT2D eigenvalue weighted by atomic mass is 10.2. The van der Waals surface area contributed by atoms with Gasteiger partial charge in [-0.1, -0.05) is 18.2 Å². The monoisotopic (exact) mass is 311 g/mol. The molecule has 0 bridgehead atoms. The van der Waals surface area contributed by atoms with E-state index in [1.54, 1.807) is 12.1 Å². The zero-order valence-electron chi connectivity index (χ0n) is 12.9. The zero-order chi connectivity index (χ0) is 16.2. The first-order valence-electron chi connectivity index (χ1n) is 7.60. The standard InChI is InChI=1S/C18H18FN3O/c1-13-5-2-7-15(11-13)21-18(23)22(17-9-4-10-20-17)16-8-3-6-14(19)12-16/h2-3,5-8,11-12H,4,9-10H2,1H3,(H,21,23). The summed E-state index contributed by atoms with van der Waals surface area (Å²) in [5.41, 5.74) is 2.24. The molecule has 1 aliphatic heterocycles. The van der Waals surface area contributed by atoms with E-state index in [4.69, 9.17) is 0 Å². The van der Waals surface area contributed by atoms with E-state index in [-0.39, 0.29) is 11.8 Å². The number of carbonyl (C=O) groups excluding carboxylic acids is 1. The lowest BCUT2D eigenvalue weighted by Crippen LogP contribution is -2.39. The van der Waals surface area contributed by atoms with Gasteiger partial charge in [0.05, 0.1) is 5.69 Å². The van der Waals surface area contributed by atoms with Crippen LogP contribution in [0, 0.1) is 12.7 Å². The highest BCUT2D eigenvalue weighted by atomic mass is 19.1. The van der Waals surface area contributed by atoms with E-state index in [1.165, 1.54) is 17.0 Å². The third-order valence-electron chi connectivity index (χ3n) is 3.65. The molecule has 0 aromatic heterocycles. The first kappa shape index (κ1) is 15.2. The summed E-state index contributed by atoms with van der Waals surface area (Å²) in [6, 6.07) is 13.2. The number of urea groups is 1. The Labute approximate surface area is 134 Å². The lowest BCUT2D eigenvalue weighted by Gasteiger charge is -2.23. The fraction of sp³-hybridized carbons (Fsp3) is 0.222. The summed E-state index contributed by atoms with van der Waals surface area (Å²) in [7, 11) is 0. The summed E-state index contributed by atoms with van der Waals surface area (Å²) in [6.07, 6.45) is 1.61. The number of nitrogens with zero attached hydrogens (tertiary/aromatic N) is 2. The predicted octanol–water partition coefficient (Wildman–Crippen LogP) is 4.36. The van der Waals surface area contributed by atoms with Gasteiger partial charge in [0.1, 0.15) is 11.7 Å². The summed E-state index contributed by atoms with van der Waals surface area (Å²) in [4.78, 5) is 18.6. The number of amides is 2. The molecule has 2 aromatic carbocycles. The molecule has 3 rings (SSSR count). The van der Waals surface area contributed by atoms with Crippen molar-refractivity contribution in [3.63, 3.8) is 0 Å². The van der Waals surface area contributed by atoms with Crippen molar-refractivity contribution >= 4 is 23.2 Å². The number of nitrogens with one attached hydrogen (secondary N) is 1. The molecule has 0 radical (unpaired) electrons. The fourth-order valence-electron chi connectivity index (χ4n) is 2.61. The van der Waals surface area contributed by atoms with Gasteiger partial charge in [-0.15, -0.1) is 0 Å². The molecular weight excluding hydrogens is 293 g/mol. The van der Waals surface area contributed by atoms with Gasteiger partial charge >= 0.3 is 6.03 Å². The highest BCUT2D eigenvalue weighted by Crippen LogP contribution is 2.22. The average Bonchev–Trinajstić information content (AvgIpc) is 3.01. The largest absolute Gasteiger partial charge is 0.331 e. The van der Waals surface area contributed by atoms with Crippen LogP contribution in [-0.2, 0) is 0 Å². The highest BCUT2D eigenvalue weighted by Gasteiger charge is 2.24. The van der Waals surface area contributed by atoms with E-state index in [0.717, 1.165) is 12.0 Å². The van der Waals surface area contributed by atoms with E-state index < -0.39 is 0 Å². The Morgan fingerprint density at radius 3 is 2.74 bits per heavy atom. The van der Waals surface area contributed by atoms with E-state index in [2.05, 4.69) is 10.3 Å². The number of aryl methyl sites for hydroxylation is 1. The maximum absolute atomic E-state index is 13.6. The summed E-state index contributed by atoms with van der Waals surface area (Å²) >= 11 is 0. The number of hydrogen-bond donors (Lipinski definition) is 1. The number of carbonyl (C=O) groups is 1. The second-order valence-corrected chi connectivity index (χ2v) is 5.52. The summed E-state index contributed by atoms with van der Waals surface area (Å²) in [5, 5.41) is 2.86. The molecule has 23 heavy (non-hydrogen) atoms. The van der Waals surface area contributed by atoms with Crippen molar-refractivity contribution in [3.05, 3.63) is 59.9 Å². The summed E-state index contributed by atoms with van der Waals surface area (Å²) in [5.74, 6) is 0.287. The second-order valence-electron chi connectivity index (χ2n) is 5.52. The Bertz CT molecular complexity index is 757. The molecule has 5 heteroatoms. The van der Waals surface area contributed by atoms with E-state index in [0.29, 0.717) is 30.2 Å². The first-order valence-corrected chi connectivity index (χ1v) is 7.60. The van der Waals surface area contributed by atoms with Crippen LogP contribution in [0.15, 0.2) is 53.5 Å². The van der Waals surface area contributed by atoms with Crippen molar-refractivity contribution in [1.82, 2.24) is 0 Å². The van der Waals surface area contributed by atoms with Gasteiger partial charge in [0.25, 0.3) is 0 Å². The molecule has 0 saturated heterocycles. The third-order valence-corrected chi connectivity index (χ3v) is 3.65. The van der Waals surface area contributed by atoms with Gasteiger partial charge in [0.2, 0.25) is 0 Å². The smallest absolute Gasteiger partial charge is 0.307 e. The second kappa shape index (κ2) is 6.60. The average molecular weight is 311 g/mol. The van der Waals surface area contributed by atoms with Crippen molar-refractivity contribution in [2.75, 3.05) is 16.8 Å². The maximum atomic E-state index is 13.6. The minimum Gasteiger partial charge on any atom is -0.307 e. The van der Waals surface area contributed by atoms with Crippen LogP contribution in [0.1, 0.15) is 18.4 Å². The Balaban J connectivity index is 1.90. The number of anilines is 2. The fourth-order valence-corrected chi connectivity index (χ4v) is 2.61. The Morgan fingerprint density at radius 2 is 2.04 bits per heavy atom. The molecule has 0 spiro atoms. The molecule has 1 aliphatic rings. The minimum absolute atomic E-state index is 0.332. The van der Waals surface area contributed by atoms with Gasteiger partial charge in [-0.05, 0) is 49.2 Å². The molecule has 0 aliphatic carbocycles. The Morgan fingerprint density at radius 1 is 1.22 bits per heavy atom. The van der Waals surface area contributed by atoms with E-state index >= 15 is 0 Å². The SMILES string of the molecule is Cc1cccc(NC(=O)N(C2=NCCC2)c2cccc(F)c2)c1. The van der Waals surface area contributed by atoms with Crippen molar-refractivity contribution in [2.24, 2.45) is 4.99 Å². The van der Waals surface area contributed by atoms with Crippen LogP contribution in [0.3, 0.4) is 0 Å².